The Morgan fingerprint density at radius 2 is 0.881 bits per heavy atom. The van der Waals surface area contributed by atoms with E-state index >= 15 is 0 Å². The van der Waals surface area contributed by atoms with Gasteiger partial charge in [-0.1, -0.05) is 40.5 Å². The zero-order valence-corrected chi connectivity index (χ0v) is 36.8. The molecule has 0 bridgehead atoms. The lowest BCUT2D eigenvalue weighted by atomic mass is 10.0. The van der Waals surface area contributed by atoms with Crippen LogP contribution in [0.1, 0.15) is 91.9 Å². The van der Waals surface area contributed by atoms with Crippen LogP contribution < -0.4 is 21.7 Å². The molecule has 0 aromatic heterocycles. The zero-order valence-electron chi connectivity index (χ0n) is 36.8. The smallest absolute Gasteiger partial charge is 0.325 e. The van der Waals surface area contributed by atoms with Crippen molar-refractivity contribution < 1.29 is 71.8 Å². The molecule has 0 rings (SSSR count). The molecule has 348 valence electrons. The maximum absolute atomic E-state index is 11.8. The first-order valence-electron chi connectivity index (χ1n) is 20.7. The highest BCUT2D eigenvalue weighted by molar-refractivity contribution is 5.84. The lowest BCUT2D eigenvalue weighted by Crippen LogP contribution is -2.34. The molecule has 0 saturated heterocycles. The van der Waals surface area contributed by atoms with Crippen LogP contribution in [0.3, 0.4) is 0 Å². The summed E-state index contributed by atoms with van der Waals surface area (Å²) in [7, 11) is 2.48. The molecular weight excluding hydrogens is 776 g/mol. The van der Waals surface area contributed by atoms with Gasteiger partial charge in [0.05, 0.1) is 67.1 Å². The molecule has 19 nitrogen and oxygen atoms in total. The molecule has 3 amide bonds. The van der Waals surface area contributed by atoms with Gasteiger partial charge in [0.25, 0.3) is 0 Å². The molecule has 0 fully saturated rings. The van der Waals surface area contributed by atoms with E-state index < -0.39 is 23.8 Å². The Morgan fingerprint density at radius 1 is 0.525 bits per heavy atom. The quantitative estimate of drug-likeness (QED) is 0.0442. The van der Waals surface area contributed by atoms with Gasteiger partial charge in [-0.05, 0) is 45.1 Å². The fourth-order valence-electron chi connectivity index (χ4n) is 4.01. The van der Waals surface area contributed by atoms with Gasteiger partial charge in [-0.15, -0.1) is 0 Å². The van der Waals surface area contributed by atoms with Crippen molar-refractivity contribution in [1.29, 1.82) is 0 Å². The van der Waals surface area contributed by atoms with Crippen LogP contribution in [0.15, 0.2) is 0 Å². The fourth-order valence-corrected chi connectivity index (χ4v) is 4.01. The van der Waals surface area contributed by atoms with Gasteiger partial charge in [0.1, 0.15) is 13.1 Å². The van der Waals surface area contributed by atoms with E-state index in [0.29, 0.717) is 85.4 Å². The molecule has 0 unspecified atom stereocenters. The first kappa shape index (κ1) is 59.8. The highest BCUT2D eigenvalue weighted by atomic mass is 16.6. The summed E-state index contributed by atoms with van der Waals surface area (Å²) >= 11 is 0. The summed E-state index contributed by atoms with van der Waals surface area (Å²) in [4.78, 5) is 66.7. The molecule has 0 saturated carbocycles. The molecule has 59 heavy (non-hydrogen) atoms. The predicted octanol–water partition coefficient (Wildman–Crippen LogP) is 2.01. The van der Waals surface area contributed by atoms with Crippen molar-refractivity contribution in [2.24, 2.45) is 17.6 Å². The van der Waals surface area contributed by atoms with Crippen molar-refractivity contribution in [2.45, 2.75) is 91.9 Å². The average Bonchev–Trinajstić information content (AvgIpc) is 3.23. The van der Waals surface area contributed by atoms with Crippen LogP contribution in [-0.2, 0) is 66.7 Å². The van der Waals surface area contributed by atoms with Gasteiger partial charge in [-0.3, -0.25) is 28.8 Å². The van der Waals surface area contributed by atoms with Gasteiger partial charge in [0.2, 0.25) is 17.7 Å². The van der Waals surface area contributed by atoms with Gasteiger partial charge < -0.3 is 64.7 Å². The number of rotatable bonds is 37. The van der Waals surface area contributed by atoms with E-state index in [2.05, 4.69) is 39.3 Å². The van der Waals surface area contributed by atoms with Gasteiger partial charge in [0.15, 0.2) is 0 Å². The number of hydrogen-bond acceptors (Lipinski definition) is 15. The molecule has 0 radical (unpaired) electrons. The van der Waals surface area contributed by atoms with Crippen molar-refractivity contribution in [3.8, 4) is 0 Å². The summed E-state index contributed by atoms with van der Waals surface area (Å²) in [6.07, 6.45) is 6.99. The van der Waals surface area contributed by atoms with Crippen LogP contribution in [0.25, 0.3) is 0 Å². The van der Waals surface area contributed by atoms with Crippen LogP contribution in [0.4, 0.5) is 0 Å². The molecule has 0 aliphatic carbocycles. The summed E-state index contributed by atoms with van der Waals surface area (Å²) in [5, 5.41) is 16.0. The second kappa shape index (κ2) is 47.2. The number of nitrogens with one attached hydrogen (secondary N) is 3. The topological polar surface area (TPSA) is 259 Å². The van der Waals surface area contributed by atoms with Crippen molar-refractivity contribution >= 4 is 35.6 Å². The number of methoxy groups -OCH3 is 2. The van der Waals surface area contributed by atoms with Gasteiger partial charge in [-0.2, -0.15) is 0 Å². The number of carbonyl (C=O) groups excluding carboxylic acids is 5. The van der Waals surface area contributed by atoms with Crippen molar-refractivity contribution in [3.63, 3.8) is 0 Å². The SMILES string of the molecule is CCCCOCCOCCOCCCN.CCCCOCCOCCOCCCNC(=O)CC[C@H](C)C(=O)NCC(=O)OC.COC(=O)CNC(=O)[C@@H](C)CCC(=O)O. The minimum atomic E-state index is -0.942. The third kappa shape index (κ3) is 48.8. The Morgan fingerprint density at radius 3 is 1.24 bits per heavy atom. The first-order valence-corrected chi connectivity index (χ1v) is 20.7. The second-order valence-corrected chi connectivity index (χ2v) is 13.1. The van der Waals surface area contributed by atoms with E-state index in [4.69, 9.17) is 39.3 Å². The van der Waals surface area contributed by atoms with E-state index in [1.807, 2.05) is 0 Å². The maximum atomic E-state index is 11.8. The Labute approximate surface area is 352 Å². The number of amides is 3. The van der Waals surface area contributed by atoms with Gasteiger partial charge in [-0.25, -0.2) is 0 Å². The number of ether oxygens (including phenoxy) is 8. The van der Waals surface area contributed by atoms with Gasteiger partial charge >= 0.3 is 17.9 Å². The molecule has 0 aromatic rings. The predicted molar refractivity (Wildman–Crippen MR) is 221 cm³/mol. The largest absolute Gasteiger partial charge is 0.481 e. The molecule has 2 atom stereocenters. The summed E-state index contributed by atoms with van der Waals surface area (Å²) in [6, 6.07) is 0. The Balaban J connectivity index is -0.000000879. The van der Waals surface area contributed by atoms with Crippen LogP contribution in [-0.4, -0.2) is 160 Å². The monoisotopic (exact) mass is 855 g/mol. The fraction of sp³-hybridized carbons (Fsp3) is 0.850. The molecule has 0 spiro atoms. The zero-order chi connectivity index (χ0) is 44.8. The molecule has 6 N–H and O–H groups in total. The van der Waals surface area contributed by atoms with E-state index in [0.717, 1.165) is 45.5 Å². The van der Waals surface area contributed by atoms with Crippen LogP contribution >= 0.6 is 0 Å². The molecule has 0 aliphatic rings. The minimum Gasteiger partial charge on any atom is -0.481 e. The van der Waals surface area contributed by atoms with E-state index in [1.54, 1.807) is 13.8 Å². The molecule has 0 heterocycles. The number of unbranched alkanes of at least 4 members (excludes halogenated alkanes) is 2. The third-order valence-corrected chi connectivity index (χ3v) is 7.81. The highest BCUT2D eigenvalue weighted by Gasteiger charge is 2.16. The average molecular weight is 855 g/mol. The number of hydrogen-bond donors (Lipinski definition) is 5. The summed E-state index contributed by atoms with van der Waals surface area (Å²) in [5.74, 6) is -3.49. The normalized spacial score (nSPS) is 11.4. The number of nitrogens with two attached hydrogens (primary N) is 1. The lowest BCUT2D eigenvalue weighted by Gasteiger charge is -2.11. The van der Waals surface area contributed by atoms with E-state index in [-0.39, 0.29) is 56.0 Å². The minimum absolute atomic E-state index is 0.0627. The molecular formula is C40H78N4O15. The van der Waals surface area contributed by atoms with Crippen molar-refractivity contribution in [1.82, 2.24) is 16.0 Å². The molecule has 0 aromatic carbocycles. The van der Waals surface area contributed by atoms with Crippen molar-refractivity contribution in [3.05, 3.63) is 0 Å². The van der Waals surface area contributed by atoms with E-state index in [9.17, 15) is 28.8 Å². The number of carboxylic acid groups (broad SMARTS) is 1. The van der Waals surface area contributed by atoms with E-state index in [1.165, 1.54) is 20.6 Å². The number of aliphatic carboxylic acids is 1. The van der Waals surface area contributed by atoms with Crippen molar-refractivity contribution in [2.75, 3.05) is 120 Å². The lowest BCUT2D eigenvalue weighted by molar-refractivity contribution is -0.142. The maximum Gasteiger partial charge on any atom is 0.325 e. The highest BCUT2D eigenvalue weighted by Crippen LogP contribution is 2.06. The molecule has 19 heteroatoms. The number of esters is 2. The standard InChI is InChI=1S/C20H38N2O7.C11H25NO3.C9H15NO5/c1-4-5-10-27-12-14-29-15-13-28-11-6-9-21-18(23)8-7-17(2)20(25)22-16-19(24)26-3;1-2-3-6-13-8-10-15-11-9-14-7-4-5-12;1-6(3-4-7(11)12)9(14)10-5-8(13)15-2/h17H,4-16H2,1-3H3,(H,21,23)(H,22,25);2-12H2,1H3;6H,3-5H2,1-2H3,(H,10,14)(H,11,12)/t17-;;6-/m0.0/s1. The molecule has 0 aliphatic heterocycles. The number of carboxylic acids is 1. The Hall–Kier alpha value is -3.46. The van der Waals surface area contributed by atoms with Crippen LogP contribution in [0.2, 0.25) is 0 Å². The Bertz CT molecular complexity index is 1030. The first-order chi connectivity index (χ1) is 28.4. The third-order valence-electron chi connectivity index (χ3n) is 7.81. The van der Waals surface area contributed by atoms with Gasteiger partial charge in [0, 0.05) is 57.6 Å². The van der Waals surface area contributed by atoms with Crippen LogP contribution in [0.5, 0.6) is 0 Å². The Kier molecular flexibility index (Phi) is 47.9. The summed E-state index contributed by atoms with van der Waals surface area (Å²) < 4.78 is 40.9. The summed E-state index contributed by atoms with van der Waals surface area (Å²) in [5.41, 5.74) is 5.32. The second-order valence-electron chi connectivity index (χ2n) is 13.1. The van der Waals surface area contributed by atoms with Crippen LogP contribution in [0, 0.1) is 11.8 Å². The summed E-state index contributed by atoms with van der Waals surface area (Å²) in [6.45, 7) is 16.2. The number of carbonyl (C=O) groups is 6.